The molecule has 3 nitrogen and oxygen atoms in total. The van der Waals surface area contributed by atoms with Crippen molar-refractivity contribution < 1.29 is 4.79 Å². The largest absolute Gasteiger partial charge is 0.356 e. The minimum atomic E-state index is 0.340. The van der Waals surface area contributed by atoms with Crippen molar-refractivity contribution >= 4 is 5.91 Å². The average molecular weight is 316 g/mol. The molecule has 2 saturated heterocycles. The Kier molecular flexibility index (Phi) is 3.51. The number of hydrogen-bond acceptors (Lipinski definition) is 2. The summed E-state index contributed by atoms with van der Waals surface area (Å²) in [5.41, 5.74) is 0.484. The van der Waals surface area contributed by atoms with Crippen LogP contribution in [0, 0.1) is 29.1 Å². The van der Waals surface area contributed by atoms with Crippen LogP contribution in [0.15, 0.2) is 0 Å². The third kappa shape index (κ3) is 2.83. The number of nitrogens with one attached hydrogen (secondary N) is 2. The highest BCUT2D eigenvalue weighted by atomic mass is 16.1. The highest BCUT2D eigenvalue weighted by Crippen LogP contribution is 2.59. The molecule has 2 aliphatic heterocycles. The molecule has 6 aliphatic rings. The Hall–Kier alpha value is -0.570. The number of rotatable bonds is 4. The summed E-state index contributed by atoms with van der Waals surface area (Å²) in [6.07, 6.45) is 14.6. The fourth-order valence-corrected chi connectivity index (χ4v) is 7.47. The van der Waals surface area contributed by atoms with E-state index in [0.717, 1.165) is 30.7 Å². The summed E-state index contributed by atoms with van der Waals surface area (Å²) >= 11 is 0. The Balaban J connectivity index is 1.15. The molecule has 6 bridgehead atoms. The number of amides is 1. The maximum absolute atomic E-state index is 12.5. The summed E-state index contributed by atoms with van der Waals surface area (Å²) in [5.74, 6) is 3.92. The molecule has 128 valence electrons. The van der Waals surface area contributed by atoms with E-state index < -0.39 is 0 Å². The van der Waals surface area contributed by atoms with Crippen LogP contribution in [0.2, 0.25) is 0 Å². The maximum atomic E-state index is 12.5. The molecule has 0 radical (unpaired) electrons. The van der Waals surface area contributed by atoms with Crippen LogP contribution in [0.5, 0.6) is 0 Å². The Labute approximate surface area is 140 Å². The molecule has 0 aromatic heterocycles. The quantitative estimate of drug-likeness (QED) is 0.836. The van der Waals surface area contributed by atoms with Crippen molar-refractivity contribution in [3.05, 3.63) is 0 Å². The van der Waals surface area contributed by atoms with Crippen molar-refractivity contribution in [2.75, 3.05) is 6.54 Å². The van der Waals surface area contributed by atoms with E-state index >= 15 is 0 Å². The van der Waals surface area contributed by atoms with Gasteiger partial charge < -0.3 is 10.6 Å². The van der Waals surface area contributed by atoms with E-state index in [1.807, 2.05) is 0 Å². The standard InChI is InChI=1S/C20H32N2O/c23-19(8-13-6-17-1-2-18(7-13)22-17)21-12-20-9-14-3-15(10-20)5-16(4-14)11-20/h13-18,22H,1-12H2,(H,21,23). The first kappa shape index (κ1) is 14.7. The van der Waals surface area contributed by atoms with Gasteiger partial charge in [0.2, 0.25) is 5.91 Å². The molecule has 0 spiro atoms. The molecule has 2 atom stereocenters. The number of fused-ring (bicyclic) bond motifs is 2. The number of carbonyl (C=O) groups is 1. The molecule has 0 aromatic rings. The van der Waals surface area contributed by atoms with Crippen molar-refractivity contribution in [3.63, 3.8) is 0 Å². The van der Waals surface area contributed by atoms with Gasteiger partial charge in [0.05, 0.1) is 0 Å². The molecule has 4 aliphatic carbocycles. The Morgan fingerprint density at radius 3 is 2.04 bits per heavy atom. The van der Waals surface area contributed by atoms with Crippen molar-refractivity contribution in [1.29, 1.82) is 0 Å². The van der Waals surface area contributed by atoms with Gasteiger partial charge in [-0.3, -0.25) is 4.79 Å². The second-order valence-corrected chi connectivity index (χ2v) is 9.87. The lowest BCUT2D eigenvalue weighted by molar-refractivity contribution is -0.124. The number of piperidine rings is 1. The SMILES string of the molecule is O=C(CC1CC2CCC(C1)N2)NCC12CC3CC(CC(C3)C1)C2. The van der Waals surface area contributed by atoms with Gasteiger partial charge in [-0.15, -0.1) is 0 Å². The molecule has 6 fully saturated rings. The lowest BCUT2D eigenvalue weighted by atomic mass is 9.49. The smallest absolute Gasteiger partial charge is 0.220 e. The first-order chi connectivity index (χ1) is 11.2. The molecule has 2 heterocycles. The van der Waals surface area contributed by atoms with Crippen LogP contribution < -0.4 is 10.6 Å². The van der Waals surface area contributed by atoms with Crippen molar-refractivity contribution in [1.82, 2.24) is 10.6 Å². The molecular weight excluding hydrogens is 284 g/mol. The molecule has 1 amide bonds. The van der Waals surface area contributed by atoms with Gasteiger partial charge in [0.1, 0.15) is 0 Å². The Morgan fingerprint density at radius 1 is 0.913 bits per heavy atom. The van der Waals surface area contributed by atoms with E-state index in [1.165, 1.54) is 64.2 Å². The fraction of sp³-hybridized carbons (Fsp3) is 0.950. The molecule has 6 rings (SSSR count). The number of hydrogen-bond donors (Lipinski definition) is 2. The summed E-state index contributed by atoms with van der Waals surface area (Å²) in [4.78, 5) is 12.5. The zero-order valence-electron chi connectivity index (χ0n) is 14.4. The van der Waals surface area contributed by atoms with Crippen LogP contribution in [0.1, 0.15) is 70.6 Å². The minimum Gasteiger partial charge on any atom is -0.356 e. The van der Waals surface area contributed by atoms with Gasteiger partial charge in [0.25, 0.3) is 0 Å². The van der Waals surface area contributed by atoms with Crippen LogP contribution in [0.4, 0.5) is 0 Å². The lowest BCUT2D eigenvalue weighted by Gasteiger charge is -2.57. The zero-order chi connectivity index (χ0) is 15.4. The van der Waals surface area contributed by atoms with Crippen LogP contribution in [0.25, 0.3) is 0 Å². The van der Waals surface area contributed by atoms with Crippen LogP contribution in [0.3, 0.4) is 0 Å². The summed E-state index contributed by atoms with van der Waals surface area (Å²) in [6, 6.07) is 1.41. The average Bonchev–Trinajstić information content (AvgIpc) is 2.83. The molecule has 4 saturated carbocycles. The fourth-order valence-electron chi connectivity index (χ4n) is 7.47. The summed E-state index contributed by atoms with van der Waals surface area (Å²) in [7, 11) is 0. The highest BCUT2D eigenvalue weighted by molar-refractivity contribution is 5.76. The maximum Gasteiger partial charge on any atom is 0.220 e. The van der Waals surface area contributed by atoms with E-state index in [0.29, 0.717) is 29.3 Å². The van der Waals surface area contributed by atoms with Crippen LogP contribution >= 0.6 is 0 Å². The molecule has 23 heavy (non-hydrogen) atoms. The van der Waals surface area contributed by atoms with Crippen molar-refractivity contribution in [3.8, 4) is 0 Å². The van der Waals surface area contributed by atoms with Gasteiger partial charge in [-0.05, 0) is 93.3 Å². The van der Waals surface area contributed by atoms with Crippen LogP contribution in [-0.4, -0.2) is 24.5 Å². The van der Waals surface area contributed by atoms with E-state index in [2.05, 4.69) is 10.6 Å². The molecule has 3 heteroatoms. The lowest BCUT2D eigenvalue weighted by Crippen LogP contribution is -2.51. The topological polar surface area (TPSA) is 41.1 Å². The Morgan fingerprint density at radius 2 is 1.48 bits per heavy atom. The summed E-state index contributed by atoms with van der Waals surface area (Å²) in [5, 5.41) is 7.06. The van der Waals surface area contributed by atoms with Gasteiger partial charge in [-0.2, -0.15) is 0 Å². The third-order valence-corrected chi connectivity index (χ3v) is 7.87. The van der Waals surface area contributed by atoms with E-state index in [4.69, 9.17) is 0 Å². The molecule has 2 unspecified atom stereocenters. The summed E-state index contributed by atoms with van der Waals surface area (Å²) in [6.45, 7) is 0.979. The normalized spacial score (nSPS) is 50.3. The van der Waals surface area contributed by atoms with Gasteiger partial charge in [-0.1, -0.05) is 0 Å². The van der Waals surface area contributed by atoms with Gasteiger partial charge in [0.15, 0.2) is 0 Å². The molecule has 2 N–H and O–H groups in total. The minimum absolute atomic E-state index is 0.340. The highest BCUT2D eigenvalue weighted by Gasteiger charge is 2.50. The third-order valence-electron chi connectivity index (χ3n) is 7.87. The second kappa shape index (κ2) is 5.47. The zero-order valence-corrected chi connectivity index (χ0v) is 14.4. The van der Waals surface area contributed by atoms with Gasteiger partial charge in [-0.25, -0.2) is 0 Å². The van der Waals surface area contributed by atoms with Gasteiger partial charge in [0, 0.05) is 25.0 Å². The predicted octanol–water partition coefficient (Wildman–Crippen LogP) is 3.24. The van der Waals surface area contributed by atoms with Crippen LogP contribution in [-0.2, 0) is 4.79 Å². The van der Waals surface area contributed by atoms with E-state index in [1.54, 1.807) is 0 Å². The van der Waals surface area contributed by atoms with Crippen molar-refractivity contribution in [2.24, 2.45) is 29.1 Å². The van der Waals surface area contributed by atoms with Gasteiger partial charge >= 0.3 is 0 Å². The Bertz CT molecular complexity index is 441. The van der Waals surface area contributed by atoms with Crippen molar-refractivity contribution in [2.45, 2.75) is 82.7 Å². The number of carbonyl (C=O) groups excluding carboxylic acids is 1. The molecule has 0 aromatic carbocycles. The monoisotopic (exact) mass is 316 g/mol. The molecular formula is C20H32N2O. The van der Waals surface area contributed by atoms with E-state index in [-0.39, 0.29) is 0 Å². The first-order valence-electron chi connectivity index (χ1n) is 10.2. The second-order valence-electron chi connectivity index (χ2n) is 9.87. The predicted molar refractivity (Wildman–Crippen MR) is 90.9 cm³/mol. The van der Waals surface area contributed by atoms with E-state index in [9.17, 15) is 4.79 Å². The summed E-state index contributed by atoms with van der Waals surface area (Å²) < 4.78 is 0. The first-order valence-corrected chi connectivity index (χ1v) is 10.2.